The molecule has 1 fully saturated rings. The van der Waals surface area contributed by atoms with E-state index in [1.807, 2.05) is 0 Å². The first kappa shape index (κ1) is 13.2. The lowest BCUT2D eigenvalue weighted by Crippen LogP contribution is -2.20. The summed E-state index contributed by atoms with van der Waals surface area (Å²) in [5, 5.41) is 0. The van der Waals surface area contributed by atoms with Crippen molar-refractivity contribution in [1.82, 2.24) is 0 Å². The Labute approximate surface area is 95.2 Å². The van der Waals surface area contributed by atoms with Gasteiger partial charge in [0.2, 0.25) is 5.94 Å². The van der Waals surface area contributed by atoms with Crippen molar-refractivity contribution in [2.24, 2.45) is 5.92 Å². The van der Waals surface area contributed by atoms with E-state index in [0.29, 0.717) is 5.57 Å². The normalized spacial score (nSPS) is 18.1. The van der Waals surface area contributed by atoms with E-state index in [-0.39, 0.29) is 5.92 Å². The molecule has 0 aromatic heterocycles. The smallest absolute Gasteiger partial charge is 0.334 e. The third-order valence-electron chi connectivity index (χ3n) is 2.70. The highest BCUT2D eigenvalue weighted by Gasteiger charge is 2.23. The second kappa shape index (κ2) is 5.45. The van der Waals surface area contributed by atoms with Crippen LogP contribution in [0.25, 0.3) is 0 Å². The highest BCUT2D eigenvalue weighted by molar-refractivity contribution is 7.85. The van der Waals surface area contributed by atoms with Gasteiger partial charge >= 0.3 is 16.1 Å². The van der Waals surface area contributed by atoms with Gasteiger partial charge in [0.15, 0.2) is 0 Å². The second-order valence-electron chi connectivity index (χ2n) is 3.99. The van der Waals surface area contributed by atoms with E-state index in [4.69, 9.17) is 4.55 Å². The Bertz CT molecular complexity index is 365. The van der Waals surface area contributed by atoms with Crippen LogP contribution in [0.4, 0.5) is 0 Å². The summed E-state index contributed by atoms with van der Waals surface area (Å²) in [7, 11) is -4.27. The molecule has 1 N–H and O–H groups in total. The van der Waals surface area contributed by atoms with Gasteiger partial charge in [0.05, 0.1) is 0 Å². The van der Waals surface area contributed by atoms with Crippen LogP contribution < -0.4 is 0 Å². The zero-order valence-corrected chi connectivity index (χ0v) is 9.83. The van der Waals surface area contributed by atoms with Crippen molar-refractivity contribution in [3.63, 3.8) is 0 Å². The van der Waals surface area contributed by atoms with Crippen molar-refractivity contribution in [3.8, 4) is 0 Å². The summed E-state index contributed by atoms with van der Waals surface area (Å²) in [5.74, 6) is -1.65. The molecule has 0 unspecified atom stereocenters. The Morgan fingerprint density at radius 2 is 1.88 bits per heavy atom. The summed E-state index contributed by atoms with van der Waals surface area (Å²) < 4.78 is 33.6. The quantitative estimate of drug-likeness (QED) is 0.463. The molecule has 6 heteroatoms. The van der Waals surface area contributed by atoms with Gasteiger partial charge in [0.25, 0.3) is 0 Å². The van der Waals surface area contributed by atoms with Gasteiger partial charge in [0.1, 0.15) is 0 Å². The van der Waals surface area contributed by atoms with Crippen molar-refractivity contribution in [2.75, 3.05) is 5.94 Å². The zero-order valence-electron chi connectivity index (χ0n) is 9.02. The summed E-state index contributed by atoms with van der Waals surface area (Å²) in [6, 6.07) is 0. The average Bonchev–Trinajstić information content (AvgIpc) is 2.25. The first-order chi connectivity index (χ1) is 7.40. The van der Waals surface area contributed by atoms with E-state index in [1.165, 1.54) is 0 Å². The van der Waals surface area contributed by atoms with Crippen LogP contribution in [0.5, 0.6) is 0 Å². The average molecular weight is 248 g/mol. The van der Waals surface area contributed by atoms with Crippen LogP contribution in [0.3, 0.4) is 0 Å². The summed E-state index contributed by atoms with van der Waals surface area (Å²) in [4.78, 5) is 11.4. The third kappa shape index (κ3) is 4.32. The first-order valence-corrected chi connectivity index (χ1v) is 6.82. The van der Waals surface area contributed by atoms with Gasteiger partial charge in [0, 0.05) is 5.57 Å². The van der Waals surface area contributed by atoms with E-state index in [9.17, 15) is 13.2 Å². The molecule has 0 heterocycles. The minimum absolute atomic E-state index is 0.0858. The number of carbonyl (C=O) groups excluding carboxylic acids is 1. The summed E-state index contributed by atoms with van der Waals surface area (Å²) in [6.45, 7) is 3.63. The van der Waals surface area contributed by atoms with Gasteiger partial charge in [-0.1, -0.05) is 25.8 Å². The van der Waals surface area contributed by atoms with Crippen LogP contribution >= 0.6 is 0 Å². The maximum absolute atomic E-state index is 11.4. The number of ether oxygens (including phenoxy) is 1. The van der Waals surface area contributed by atoms with Crippen molar-refractivity contribution < 1.29 is 22.5 Å². The Kier molecular flexibility index (Phi) is 4.49. The number of hydrogen-bond acceptors (Lipinski definition) is 4. The van der Waals surface area contributed by atoms with Crippen LogP contribution in [0.1, 0.15) is 32.1 Å². The topological polar surface area (TPSA) is 80.7 Å². The summed E-state index contributed by atoms with van der Waals surface area (Å²) >= 11 is 0. The molecule has 1 saturated carbocycles. The predicted molar refractivity (Wildman–Crippen MR) is 58.2 cm³/mol. The van der Waals surface area contributed by atoms with Crippen LogP contribution in [-0.4, -0.2) is 24.9 Å². The van der Waals surface area contributed by atoms with Crippen LogP contribution in [0, 0.1) is 5.92 Å². The standard InChI is InChI=1S/C10H16O5S/c1-8(9-5-3-2-4-6-9)10(11)15-7-16(12,13)14/h9H,1-7H2,(H,12,13,14). The molecular weight excluding hydrogens is 232 g/mol. The zero-order chi connectivity index (χ0) is 12.2. The first-order valence-electron chi connectivity index (χ1n) is 5.21. The number of carbonyl (C=O) groups is 1. The molecule has 92 valence electrons. The molecule has 0 amide bonds. The number of esters is 1. The lowest BCUT2D eigenvalue weighted by molar-refractivity contribution is -0.137. The Morgan fingerprint density at radius 1 is 1.31 bits per heavy atom. The molecule has 0 saturated heterocycles. The van der Waals surface area contributed by atoms with Gasteiger partial charge < -0.3 is 4.74 Å². The van der Waals surface area contributed by atoms with Crippen LogP contribution in [0.2, 0.25) is 0 Å². The lowest BCUT2D eigenvalue weighted by Gasteiger charge is -2.22. The highest BCUT2D eigenvalue weighted by Crippen LogP contribution is 2.29. The van der Waals surface area contributed by atoms with E-state index in [2.05, 4.69) is 11.3 Å². The third-order valence-corrected chi connectivity index (χ3v) is 3.11. The van der Waals surface area contributed by atoms with Crippen LogP contribution in [-0.2, 0) is 19.6 Å². The fourth-order valence-corrected chi connectivity index (χ4v) is 2.09. The molecule has 0 spiro atoms. The van der Waals surface area contributed by atoms with Gasteiger partial charge in [-0.3, -0.25) is 4.55 Å². The Morgan fingerprint density at radius 3 is 2.38 bits per heavy atom. The second-order valence-corrected chi connectivity index (χ2v) is 5.39. The number of hydrogen-bond donors (Lipinski definition) is 1. The van der Waals surface area contributed by atoms with Crippen molar-refractivity contribution in [1.29, 1.82) is 0 Å². The molecule has 0 bridgehead atoms. The fourth-order valence-electron chi connectivity index (χ4n) is 1.84. The minimum Gasteiger partial charge on any atom is -0.443 e. The fraction of sp³-hybridized carbons (Fsp3) is 0.700. The van der Waals surface area contributed by atoms with Gasteiger partial charge in [-0.25, -0.2) is 4.79 Å². The summed E-state index contributed by atoms with van der Waals surface area (Å²) in [5.41, 5.74) is 0.309. The Balaban J connectivity index is 2.44. The lowest BCUT2D eigenvalue weighted by atomic mass is 9.84. The van der Waals surface area contributed by atoms with E-state index in [1.54, 1.807) is 0 Å². The molecule has 0 aromatic rings. The summed E-state index contributed by atoms with van der Waals surface area (Å²) in [6.07, 6.45) is 5.04. The Hall–Kier alpha value is -0.880. The van der Waals surface area contributed by atoms with Crippen molar-refractivity contribution in [3.05, 3.63) is 12.2 Å². The minimum atomic E-state index is -4.27. The van der Waals surface area contributed by atoms with E-state index < -0.39 is 22.0 Å². The molecule has 1 aliphatic rings. The predicted octanol–water partition coefficient (Wildman–Crippen LogP) is 1.51. The van der Waals surface area contributed by atoms with Crippen LogP contribution in [0.15, 0.2) is 12.2 Å². The van der Waals surface area contributed by atoms with Crippen molar-refractivity contribution >= 4 is 16.1 Å². The molecular formula is C10H16O5S. The monoisotopic (exact) mass is 248 g/mol. The molecule has 0 aromatic carbocycles. The molecule has 0 atom stereocenters. The van der Waals surface area contributed by atoms with Crippen molar-refractivity contribution in [2.45, 2.75) is 32.1 Å². The maximum Gasteiger partial charge on any atom is 0.334 e. The SMILES string of the molecule is C=C(C(=O)OCS(=O)(=O)O)C1CCCCC1. The van der Waals surface area contributed by atoms with Gasteiger partial charge in [-0.15, -0.1) is 0 Å². The van der Waals surface area contributed by atoms with E-state index >= 15 is 0 Å². The molecule has 5 nitrogen and oxygen atoms in total. The molecule has 0 aliphatic heterocycles. The molecule has 16 heavy (non-hydrogen) atoms. The largest absolute Gasteiger partial charge is 0.443 e. The maximum atomic E-state index is 11.4. The van der Waals surface area contributed by atoms with E-state index in [0.717, 1.165) is 32.1 Å². The van der Waals surface area contributed by atoms with Gasteiger partial charge in [-0.05, 0) is 18.8 Å². The highest BCUT2D eigenvalue weighted by atomic mass is 32.2. The molecule has 1 rings (SSSR count). The molecule has 0 radical (unpaired) electrons. The number of rotatable bonds is 4. The van der Waals surface area contributed by atoms with Gasteiger partial charge in [-0.2, -0.15) is 8.42 Å². The molecule has 1 aliphatic carbocycles.